The van der Waals surface area contributed by atoms with Gasteiger partial charge in [0.2, 0.25) is 0 Å². The highest BCUT2D eigenvalue weighted by atomic mass is 15.2. The van der Waals surface area contributed by atoms with Gasteiger partial charge in [0.05, 0.1) is 0 Å². The van der Waals surface area contributed by atoms with E-state index in [4.69, 9.17) is 0 Å². The average Bonchev–Trinajstić information content (AvgIpc) is 2.77. The van der Waals surface area contributed by atoms with Crippen molar-refractivity contribution < 1.29 is 0 Å². The van der Waals surface area contributed by atoms with Crippen LogP contribution in [0.3, 0.4) is 0 Å². The third-order valence-corrected chi connectivity index (χ3v) is 5.52. The van der Waals surface area contributed by atoms with Crippen LogP contribution in [0.25, 0.3) is 0 Å². The van der Waals surface area contributed by atoms with Gasteiger partial charge in [-0.15, -0.1) is 0 Å². The molecule has 2 aliphatic rings. The van der Waals surface area contributed by atoms with Crippen molar-refractivity contribution in [2.75, 3.05) is 11.4 Å². The Bertz CT molecular complexity index is 477. The topological polar surface area (TPSA) is 3.24 Å². The molecule has 3 rings (SSSR count). The Kier molecular flexibility index (Phi) is 2.69. The molecular weight excluding hydrogens is 218 g/mol. The van der Waals surface area contributed by atoms with Gasteiger partial charge < -0.3 is 4.90 Å². The Morgan fingerprint density at radius 2 is 1.83 bits per heavy atom. The van der Waals surface area contributed by atoms with Crippen LogP contribution in [-0.4, -0.2) is 12.6 Å². The minimum absolute atomic E-state index is 0.652. The quantitative estimate of drug-likeness (QED) is 0.710. The van der Waals surface area contributed by atoms with Gasteiger partial charge in [0, 0.05) is 24.2 Å². The molecule has 1 heteroatoms. The largest absolute Gasteiger partial charge is 0.368 e. The molecule has 4 atom stereocenters. The van der Waals surface area contributed by atoms with Crippen molar-refractivity contribution in [3.05, 3.63) is 28.8 Å². The van der Waals surface area contributed by atoms with Crippen molar-refractivity contribution in [2.24, 2.45) is 5.92 Å². The van der Waals surface area contributed by atoms with Gasteiger partial charge in [-0.3, -0.25) is 0 Å². The molecule has 1 aromatic carbocycles. The first-order valence-electron chi connectivity index (χ1n) is 7.48. The van der Waals surface area contributed by atoms with Gasteiger partial charge in [0.25, 0.3) is 0 Å². The van der Waals surface area contributed by atoms with Crippen LogP contribution >= 0.6 is 0 Å². The maximum absolute atomic E-state index is 2.63. The van der Waals surface area contributed by atoms with E-state index in [1.165, 1.54) is 6.42 Å². The highest BCUT2D eigenvalue weighted by molar-refractivity contribution is 5.70. The molecular formula is C17H25N. The van der Waals surface area contributed by atoms with Crippen molar-refractivity contribution in [2.45, 2.75) is 58.9 Å². The Morgan fingerprint density at radius 3 is 2.50 bits per heavy atom. The van der Waals surface area contributed by atoms with Gasteiger partial charge in [0.15, 0.2) is 0 Å². The second-order valence-electron chi connectivity index (χ2n) is 6.36. The summed E-state index contributed by atoms with van der Waals surface area (Å²) < 4.78 is 0. The second kappa shape index (κ2) is 4.01. The first-order chi connectivity index (χ1) is 8.56. The van der Waals surface area contributed by atoms with E-state index in [1.54, 1.807) is 22.4 Å². The third-order valence-electron chi connectivity index (χ3n) is 5.52. The molecule has 1 aliphatic carbocycles. The number of likely N-dealkylation sites (N-methyl/N-ethyl adjacent to an activating group) is 1. The smallest absolute Gasteiger partial charge is 0.0442 e. The fraction of sp³-hybridized carbons (Fsp3) is 0.647. The van der Waals surface area contributed by atoms with E-state index in [9.17, 15) is 0 Å². The van der Waals surface area contributed by atoms with Crippen LogP contribution in [0.4, 0.5) is 5.69 Å². The summed E-state index contributed by atoms with van der Waals surface area (Å²) in [5, 5.41) is 0. The first-order valence-corrected chi connectivity index (χ1v) is 7.48. The first kappa shape index (κ1) is 12.1. The molecule has 0 aromatic heterocycles. The fourth-order valence-corrected chi connectivity index (χ4v) is 4.03. The molecule has 0 radical (unpaired) electrons. The van der Waals surface area contributed by atoms with E-state index in [2.05, 4.69) is 51.7 Å². The number of fused-ring (bicyclic) bond motifs is 3. The zero-order valence-corrected chi connectivity index (χ0v) is 12.3. The Hall–Kier alpha value is -0.980. The fourth-order valence-electron chi connectivity index (χ4n) is 4.03. The molecule has 1 nitrogen and oxygen atoms in total. The van der Waals surface area contributed by atoms with E-state index >= 15 is 0 Å². The lowest BCUT2D eigenvalue weighted by atomic mass is 9.91. The lowest BCUT2D eigenvalue weighted by Gasteiger charge is -2.27. The van der Waals surface area contributed by atoms with Crippen LogP contribution in [0.1, 0.15) is 63.1 Å². The SMILES string of the molecule is CCN1c2c(ccc3c2[C@H](C)[C@H](C)C3)[C@H](C)[C@@H]1C. The number of hydrogen-bond donors (Lipinski definition) is 0. The number of benzene rings is 1. The summed E-state index contributed by atoms with van der Waals surface area (Å²) in [6.07, 6.45) is 1.27. The van der Waals surface area contributed by atoms with E-state index in [1.807, 2.05) is 0 Å². The summed E-state index contributed by atoms with van der Waals surface area (Å²) in [6, 6.07) is 5.45. The minimum Gasteiger partial charge on any atom is -0.368 e. The van der Waals surface area contributed by atoms with E-state index < -0.39 is 0 Å². The molecule has 0 bridgehead atoms. The van der Waals surface area contributed by atoms with Gasteiger partial charge in [-0.2, -0.15) is 0 Å². The summed E-state index contributed by atoms with van der Waals surface area (Å²) in [5.41, 5.74) is 6.45. The van der Waals surface area contributed by atoms with Gasteiger partial charge >= 0.3 is 0 Å². The molecule has 0 unspecified atom stereocenters. The monoisotopic (exact) mass is 243 g/mol. The number of hydrogen-bond acceptors (Lipinski definition) is 1. The van der Waals surface area contributed by atoms with Crippen molar-refractivity contribution >= 4 is 5.69 Å². The van der Waals surface area contributed by atoms with Crippen molar-refractivity contribution in [3.8, 4) is 0 Å². The van der Waals surface area contributed by atoms with E-state index in [0.29, 0.717) is 12.0 Å². The molecule has 0 saturated heterocycles. The van der Waals surface area contributed by atoms with Crippen LogP contribution in [0, 0.1) is 5.92 Å². The van der Waals surface area contributed by atoms with Crippen molar-refractivity contribution in [1.82, 2.24) is 0 Å². The van der Waals surface area contributed by atoms with E-state index in [0.717, 1.165) is 18.4 Å². The van der Waals surface area contributed by atoms with Gasteiger partial charge in [-0.05, 0) is 48.8 Å². The number of nitrogens with zero attached hydrogens (tertiary/aromatic N) is 1. The van der Waals surface area contributed by atoms with Crippen molar-refractivity contribution in [1.29, 1.82) is 0 Å². The lowest BCUT2D eigenvalue weighted by Crippen LogP contribution is -2.31. The highest BCUT2D eigenvalue weighted by Gasteiger charge is 2.38. The molecule has 0 saturated carbocycles. The normalized spacial score (nSPS) is 33.7. The van der Waals surface area contributed by atoms with Crippen LogP contribution in [0.5, 0.6) is 0 Å². The Balaban J connectivity index is 2.20. The summed E-state index contributed by atoms with van der Waals surface area (Å²) in [6.45, 7) is 13.0. The molecule has 18 heavy (non-hydrogen) atoms. The van der Waals surface area contributed by atoms with Gasteiger partial charge in [-0.1, -0.05) is 32.9 Å². The summed E-state index contributed by atoms with van der Waals surface area (Å²) >= 11 is 0. The Labute approximate surface area is 111 Å². The molecule has 0 N–H and O–H groups in total. The number of anilines is 1. The molecule has 0 fully saturated rings. The molecule has 0 spiro atoms. The maximum Gasteiger partial charge on any atom is 0.0442 e. The minimum atomic E-state index is 0.652. The molecule has 1 heterocycles. The van der Waals surface area contributed by atoms with Crippen LogP contribution < -0.4 is 4.90 Å². The zero-order chi connectivity index (χ0) is 13.0. The molecule has 0 amide bonds. The molecule has 1 aromatic rings. The Morgan fingerprint density at radius 1 is 1.11 bits per heavy atom. The van der Waals surface area contributed by atoms with Gasteiger partial charge in [-0.25, -0.2) is 0 Å². The predicted molar refractivity (Wildman–Crippen MR) is 78.6 cm³/mol. The summed E-state index contributed by atoms with van der Waals surface area (Å²) in [4.78, 5) is 2.63. The summed E-state index contributed by atoms with van der Waals surface area (Å²) in [7, 11) is 0. The van der Waals surface area contributed by atoms with Crippen LogP contribution in [0.2, 0.25) is 0 Å². The molecule has 1 aliphatic heterocycles. The predicted octanol–water partition coefficient (Wildman–Crippen LogP) is 4.31. The average molecular weight is 243 g/mol. The van der Waals surface area contributed by atoms with Crippen LogP contribution in [0.15, 0.2) is 12.1 Å². The summed E-state index contributed by atoms with van der Waals surface area (Å²) in [5.74, 6) is 2.20. The van der Waals surface area contributed by atoms with Gasteiger partial charge in [0.1, 0.15) is 0 Å². The van der Waals surface area contributed by atoms with E-state index in [-0.39, 0.29) is 0 Å². The second-order valence-corrected chi connectivity index (χ2v) is 6.36. The van der Waals surface area contributed by atoms with Crippen LogP contribution in [-0.2, 0) is 6.42 Å². The highest BCUT2D eigenvalue weighted by Crippen LogP contribution is 2.50. The standard InChI is InChI=1S/C17H25N/c1-6-18-13(5)12(4)15-8-7-14-9-10(2)11(3)16(14)17(15)18/h7-8,10-13H,6,9H2,1-5H3/t10-,11-,12-,13+/m1/s1. The maximum atomic E-state index is 2.63. The zero-order valence-electron chi connectivity index (χ0n) is 12.3. The third kappa shape index (κ3) is 1.39. The molecule has 98 valence electrons. The lowest BCUT2D eigenvalue weighted by molar-refractivity contribution is 0.530. The number of rotatable bonds is 1. The van der Waals surface area contributed by atoms with Crippen molar-refractivity contribution in [3.63, 3.8) is 0 Å².